The smallest absolute Gasteiger partial charge is 0.262 e. The van der Waals surface area contributed by atoms with E-state index in [1.54, 1.807) is 21.2 Å². The number of hydrogen-bond donors (Lipinski definition) is 0. The van der Waals surface area contributed by atoms with Gasteiger partial charge < -0.3 is 9.64 Å². The van der Waals surface area contributed by atoms with E-state index in [1.165, 1.54) is 0 Å². The lowest BCUT2D eigenvalue weighted by molar-refractivity contribution is -0.142. The Balaban J connectivity index is 1.53. The van der Waals surface area contributed by atoms with Crippen molar-refractivity contribution in [3.05, 3.63) is 57.2 Å². The van der Waals surface area contributed by atoms with E-state index in [-0.39, 0.29) is 29.8 Å². The molecule has 1 saturated heterocycles. The van der Waals surface area contributed by atoms with E-state index < -0.39 is 0 Å². The summed E-state index contributed by atoms with van der Waals surface area (Å²) in [7, 11) is 0. The lowest BCUT2D eigenvalue weighted by atomic mass is 9.91. The second kappa shape index (κ2) is 11.9. The molecule has 194 valence electrons. The molecule has 2 aromatic rings. The highest BCUT2D eigenvalue weighted by atomic mass is 35.5. The number of ether oxygens (including phenoxy) is 1. The third-order valence-electron chi connectivity index (χ3n) is 6.38. The molecule has 7 nitrogen and oxygen atoms in total. The van der Waals surface area contributed by atoms with Crippen LogP contribution in [0.25, 0.3) is 0 Å². The van der Waals surface area contributed by atoms with E-state index in [0.29, 0.717) is 37.6 Å². The maximum absolute atomic E-state index is 13.7. The first kappa shape index (κ1) is 26.8. The molecule has 0 bridgehead atoms. The van der Waals surface area contributed by atoms with Crippen molar-refractivity contribution in [2.45, 2.75) is 39.7 Å². The third kappa shape index (κ3) is 7.16. The van der Waals surface area contributed by atoms with E-state index >= 15 is 0 Å². The Labute approximate surface area is 222 Å². The zero-order valence-electron chi connectivity index (χ0n) is 21.3. The van der Waals surface area contributed by atoms with Crippen molar-refractivity contribution in [2.75, 3.05) is 45.9 Å². The van der Waals surface area contributed by atoms with E-state index in [2.05, 4.69) is 4.90 Å². The number of amides is 2. The fourth-order valence-corrected chi connectivity index (χ4v) is 5.30. The number of rotatable bonds is 8. The summed E-state index contributed by atoms with van der Waals surface area (Å²) >= 11 is 7.73. The number of nitrogens with zero attached hydrogens (tertiary/aromatic N) is 4. The molecule has 0 spiro atoms. The molecule has 2 amide bonds. The number of hydrazone groups is 1. The van der Waals surface area contributed by atoms with E-state index in [9.17, 15) is 9.59 Å². The van der Waals surface area contributed by atoms with Crippen LogP contribution in [0.15, 0.2) is 46.9 Å². The molecule has 1 fully saturated rings. The van der Waals surface area contributed by atoms with Crippen LogP contribution >= 0.6 is 22.9 Å². The lowest BCUT2D eigenvalue weighted by Crippen LogP contribution is -2.47. The topological polar surface area (TPSA) is 65.5 Å². The van der Waals surface area contributed by atoms with Crippen molar-refractivity contribution in [2.24, 2.45) is 10.5 Å². The molecule has 2 aliphatic rings. The van der Waals surface area contributed by atoms with Crippen LogP contribution in [-0.4, -0.2) is 78.3 Å². The minimum atomic E-state index is -0.231. The maximum atomic E-state index is 13.7. The highest BCUT2D eigenvalue weighted by molar-refractivity contribution is 7.12. The zero-order chi connectivity index (χ0) is 25.7. The number of hydrogen-bond acceptors (Lipinski definition) is 6. The van der Waals surface area contributed by atoms with Gasteiger partial charge in [0.15, 0.2) is 0 Å². The summed E-state index contributed by atoms with van der Waals surface area (Å²) in [5.74, 6) is -0.181. The zero-order valence-corrected chi connectivity index (χ0v) is 22.9. The van der Waals surface area contributed by atoms with Gasteiger partial charge in [0.05, 0.1) is 29.8 Å². The van der Waals surface area contributed by atoms with Crippen molar-refractivity contribution in [1.82, 2.24) is 14.8 Å². The number of morpholine rings is 1. The first-order valence-electron chi connectivity index (χ1n) is 12.5. The lowest BCUT2D eigenvalue weighted by Gasteiger charge is -2.32. The number of carbonyl (C=O) groups is 2. The average molecular weight is 531 g/mol. The Hall–Kier alpha value is -2.26. The first-order chi connectivity index (χ1) is 17.2. The summed E-state index contributed by atoms with van der Waals surface area (Å²) in [5.41, 5.74) is 1.70. The molecule has 0 unspecified atom stereocenters. The Morgan fingerprint density at radius 3 is 2.53 bits per heavy atom. The van der Waals surface area contributed by atoms with Crippen LogP contribution in [0.5, 0.6) is 0 Å². The quantitative estimate of drug-likeness (QED) is 0.497. The first-order valence-corrected chi connectivity index (χ1v) is 13.7. The molecular formula is C27H35ClN4O3S. The van der Waals surface area contributed by atoms with Crippen LogP contribution < -0.4 is 0 Å². The van der Waals surface area contributed by atoms with Crippen LogP contribution in [-0.2, 0) is 14.3 Å². The second-order valence-electron chi connectivity index (χ2n) is 10.5. The normalized spacial score (nSPS) is 18.8. The van der Waals surface area contributed by atoms with Crippen LogP contribution in [0.2, 0.25) is 5.02 Å². The van der Waals surface area contributed by atoms with Crippen LogP contribution in [0.1, 0.15) is 50.1 Å². The van der Waals surface area contributed by atoms with Gasteiger partial charge in [-0.05, 0) is 34.6 Å². The molecular weight excluding hydrogens is 496 g/mol. The molecule has 1 aromatic heterocycles. The highest BCUT2D eigenvalue weighted by Crippen LogP contribution is 2.34. The minimum Gasteiger partial charge on any atom is -0.379 e. The van der Waals surface area contributed by atoms with E-state index in [1.807, 2.05) is 62.5 Å². The van der Waals surface area contributed by atoms with Gasteiger partial charge in [0.1, 0.15) is 6.54 Å². The molecule has 1 atom stereocenters. The highest BCUT2D eigenvalue weighted by Gasteiger charge is 2.35. The van der Waals surface area contributed by atoms with Gasteiger partial charge in [0.25, 0.3) is 5.91 Å². The summed E-state index contributed by atoms with van der Waals surface area (Å²) in [6.07, 6.45) is 1.01. The molecule has 0 saturated carbocycles. The molecule has 1 aromatic carbocycles. The number of benzene rings is 1. The van der Waals surface area contributed by atoms with Crippen molar-refractivity contribution in [1.29, 1.82) is 0 Å². The van der Waals surface area contributed by atoms with Gasteiger partial charge >= 0.3 is 0 Å². The molecule has 2 aliphatic heterocycles. The van der Waals surface area contributed by atoms with E-state index in [4.69, 9.17) is 21.4 Å². The van der Waals surface area contributed by atoms with Gasteiger partial charge in [0, 0.05) is 44.0 Å². The fraction of sp³-hybridized carbons (Fsp3) is 0.519. The van der Waals surface area contributed by atoms with E-state index in [0.717, 1.165) is 35.8 Å². The second-order valence-corrected chi connectivity index (χ2v) is 11.9. The van der Waals surface area contributed by atoms with Crippen LogP contribution in [0.3, 0.4) is 0 Å². The molecule has 9 heteroatoms. The van der Waals surface area contributed by atoms with Gasteiger partial charge in [-0.1, -0.05) is 50.6 Å². The van der Waals surface area contributed by atoms with Crippen molar-refractivity contribution in [3.63, 3.8) is 0 Å². The van der Waals surface area contributed by atoms with Crippen LogP contribution in [0.4, 0.5) is 0 Å². The SMILES string of the molecule is CC(C)(C)CC(=O)N(CCN1CCOCC1)CC(=O)N1N=C(c2cccs2)C[C@@H]1c1ccc(Cl)cc1. The van der Waals surface area contributed by atoms with Gasteiger partial charge in [-0.25, -0.2) is 5.01 Å². The van der Waals surface area contributed by atoms with Gasteiger partial charge in [-0.2, -0.15) is 5.10 Å². The summed E-state index contributed by atoms with van der Waals surface area (Å²) in [5, 5.41) is 9.00. The number of halogens is 1. The predicted molar refractivity (Wildman–Crippen MR) is 144 cm³/mol. The molecule has 0 N–H and O–H groups in total. The van der Waals surface area contributed by atoms with Gasteiger partial charge in [-0.15, -0.1) is 11.3 Å². The summed E-state index contributed by atoms with van der Waals surface area (Å²) in [6.45, 7) is 10.4. The minimum absolute atomic E-state index is 0.00453. The summed E-state index contributed by atoms with van der Waals surface area (Å²) in [6, 6.07) is 11.3. The third-order valence-corrected chi connectivity index (χ3v) is 7.55. The van der Waals surface area contributed by atoms with Crippen molar-refractivity contribution in [3.8, 4) is 0 Å². The molecule has 3 heterocycles. The Morgan fingerprint density at radius 1 is 1.17 bits per heavy atom. The maximum Gasteiger partial charge on any atom is 0.262 e. The van der Waals surface area contributed by atoms with Crippen LogP contribution in [0, 0.1) is 5.41 Å². The number of carbonyl (C=O) groups excluding carboxylic acids is 2. The fourth-order valence-electron chi connectivity index (χ4n) is 4.46. The largest absolute Gasteiger partial charge is 0.379 e. The average Bonchev–Trinajstić information content (AvgIpc) is 3.52. The molecule has 36 heavy (non-hydrogen) atoms. The Bertz CT molecular complexity index is 1060. The summed E-state index contributed by atoms with van der Waals surface area (Å²) in [4.78, 5) is 32.0. The monoisotopic (exact) mass is 530 g/mol. The van der Waals surface area contributed by atoms with Gasteiger partial charge in [-0.3, -0.25) is 14.5 Å². The Kier molecular flexibility index (Phi) is 8.83. The number of thiophene rings is 1. The van der Waals surface area contributed by atoms with Crippen molar-refractivity contribution < 1.29 is 14.3 Å². The van der Waals surface area contributed by atoms with Crippen molar-refractivity contribution >= 4 is 40.5 Å². The summed E-state index contributed by atoms with van der Waals surface area (Å²) < 4.78 is 5.45. The predicted octanol–water partition coefficient (Wildman–Crippen LogP) is 4.68. The molecule has 0 radical (unpaired) electrons. The Morgan fingerprint density at radius 2 is 1.89 bits per heavy atom. The van der Waals surface area contributed by atoms with Gasteiger partial charge in [0.2, 0.25) is 5.91 Å². The molecule has 4 rings (SSSR count). The molecule has 0 aliphatic carbocycles. The standard InChI is InChI=1S/C27H35ClN4O3S/c1-27(2,3)18-25(33)31(11-10-30-12-14-35-15-13-30)19-26(34)32-23(20-6-8-21(28)9-7-20)17-22(29-32)24-5-4-16-36-24/h4-9,16,23H,10-15,17-19H2,1-3H3/t23-/m1/s1.